The second-order valence-electron chi connectivity index (χ2n) is 2.57. The zero-order valence-electron chi connectivity index (χ0n) is 10.7. The number of thiocarbonyl (C=S) groups is 4. The van der Waals surface area contributed by atoms with Gasteiger partial charge in [-0.3, -0.25) is 0 Å². The maximum Gasteiger partial charge on any atom is 2.00 e. The summed E-state index contributed by atoms with van der Waals surface area (Å²) >= 11 is 25.3. The number of nitrogens with zero attached hydrogens (tertiary/aromatic N) is 1. The third-order valence-corrected chi connectivity index (χ3v) is 1.83. The molecule has 106 valence electrons. The van der Waals surface area contributed by atoms with Crippen molar-refractivity contribution in [2.45, 2.75) is 0 Å². The fourth-order valence-corrected chi connectivity index (χ4v) is 0.767. The van der Waals surface area contributed by atoms with Gasteiger partial charge in [0.2, 0.25) is 0 Å². The van der Waals surface area contributed by atoms with Crippen LogP contribution in [0.15, 0.2) is 0 Å². The minimum Gasteiger partial charge on any atom is -0.570 e. The number of nitrogens with one attached hydrogen (secondary N) is 2. The van der Waals surface area contributed by atoms with Crippen molar-refractivity contribution in [2.24, 2.45) is 5.73 Å². The smallest absolute Gasteiger partial charge is 0.570 e. The number of rotatable bonds is 4. The molecule has 0 bridgehead atoms. The first-order valence-corrected chi connectivity index (χ1v) is 6.90. The van der Waals surface area contributed by atoms with Crippen molar-refractivity contribution in [3.63, 3.8) is 0 Å². The Labute approximate surface area is 160 Å². The first-order valence-electron chi connectivity index (χ1n) is 4.38. The largest absolute Gasteiger partial charge is 2.00 e. The Balaban J connectivity index is -0.000000106. The van der Waals surface area contributed by atoms with Crippen LogP contribution in [0, 0.1) is 0 Å². The van der Waals surface area contributed by atoms with Crippen LogP contribution in [0.25, 0.3) is 0 Å². The van der Waals surface area contributed by atoms with Gasteiger partial charge in [-0.05, 0) is 14.1 Å². The van der Waals surface area contributed by atoms with Crippen LogP contribution in [-0.4, -0.2) is 51.7 Å². The molecule has 0 spiro atoms. The summed E-state index contributed by atoms with van der Waals surface area (Å²) in [6.45, 7) is 1.42. The van der Waals surface area contributed by atoms with Gasteiger partial charge in [0.25, 0.3) is 0 Å². The van der Waals surface area contributed by atoms with Gasteiger partial charge in [0.05, 0.1) is 0 Å². The second-order valence-corrected chi connectivity index (χ2v) is 5.30. The molecule has 0 atom stereocenters. The molecule has 0 amide bonds. The topological polar surface area (TPSA) is 53.3 Å². The maximum atomic E-state index is 4.65. The minimum atomic E-state index is 0. The second kappa shape index (κ2) is 23.9. The molecule has 4 nitrogen and oxygen atoms in total. The van der Waals surface area contributed by atoms with Crippen LogP contribution in [0.5, 0.6) is 0 Å². The average molecular weight is 426 g/mol. The monoisotopic (exact) mass is 424 g/mol. The molecular weight excluding hydrogens is 410 g/mol. The van der Waals surface area contributed by atoms with Crippen molar-refractivity contribution in [1.29, 1.82) is 0 Å². The summed E-state index contributed by atoms with van der Waals surface area (Å²) in [5.74, 6) is 0. The predicted octanol–water partition coefficient (Wildman–Crippen LogP) is 0.754. The summed E-state index contributed by atoms with van der Waals surface area (Å²) < 4.78 is 0.985. The van der Waals surface area contributed by atoms with Crippen LogP contribution in [0.4, 0.5) is 0 Å². The van der Waals surface area contributed by atoms with Gasteiger partial charge in [-0.2, -0.15) is 0 Å². The molecule has 0 fully saturated rings. The van der Waals surface area contributed by atoms with Crippen LogP contribution >= 0.6 is 74.1 Å². The molecule has 0 aliphatic heterocycles. The average Bonchev–Trinajstić information content (AvgIpc) is 2.26. The molecule has 11 heteroatoms. The Morgan fingerprint density at radius 2 is 1.32 bits per heavy atom. The quantitative estimate of drug-likeness (QED) is 0.113. The molecule has 0 saturated heterocycles. The molecule has 4 N–H and O–H groups in total. The first-order chi connectivity index (χ1) is 8.31. The van der Waals surface area contributed by atoms with E-state index in [1.165, 1.54) is 0 Å². The van der Waals surface area contributed by atoms with Crippen molar-refractivity contribution in [1.82, 2.24) is 15.5 Å². The van der Waals surface area contributed by atoms with Crippen LogP contribution in [0.1, 0.15) is 0 Å². The molecule has 0 aromatic rings. The minimum absolute atomic E-state index is 0. The van der Waals surface area contributed by atoms with E-state index in [0.717, 1.165) is 0 Å². The van der Waals surface area contributed by atoms with Crippen molar-refractivity contribution in [3.8, 4) is 0 Å². The summed E-state index contributed by atoms with van der Waals surface area (Å²) in [4.78, 5) is 1.69. The summed E-state index contributed by atoms with van der Waals surface area (Å²) in [6.07, 6.45) is 0. The van der Waals surface area contributed by atoms with Crippen LogP contribution in [-0.2, 0) is 19.5 Å². The van der Waals surface area contributed by atoms with E-state index < -0.39 is 0 Å². The third kappa shape index (κ3) is 55.1. The Morgan fingerprint density at radius 1 is 1.11 bits per heavy atom. The van der Waals surface area contributed by atoms with E-state index in [9.17, 15) is 0 Å². The zero-order valence-corrected chi connectivity index (χ0v) is 18.7. The summed E-state index contributed by atoms with van der Waals surface area (Å²) in [5.41, 5.74) is 8.69. The van der Waals surface area contributed by atoms with E-state index in [2.05, 4.69) is 96.0 Å². The molecule has 0 unspecified atom stereocenters. The number of nitrogens with two attached hydrogens (primary N) is 1. The molecule has 19 heavy (non-hydrogen) atoms. The van der Waals surface area contributed by atoms with E-state index in [1.807, 2.05) is 19.6 Å². The van der Waals surface area contributed by atoms with Crippen LogP contribution in [0.3, 0.4) is 0 Å². The Morgan fingerprint density at radius 3 is 1.42 bits per heavy atom. The molecular formula is C8H16N4S6Zn. The van der Waals surface area contributed by atoms with Gasteiger partial charge in [-0.1, -0.05) is 24.4 Å². The fourth-order valence-electron chi connectivity index (χ4n) is 0.339. The van der Waals surface area contributed by atoms with Crippen molar-refractivity contribution in [3.05, 3.63) is 0 Å². The zero-order chi connectivity index (χ0) is 15.0. The van der Waals surface area contributed by atoms with Crippen molar-refractivity contribution >= 4 is 93.8 Å². The van der Waals surface area contributed by atoms with E-state index in [4.69, 9.17) is 0 Å². The summed E-state index contributed by atoms with van der Waals surface area (Å²) in [6, 6.07) is 0. The number of thiol groups is 2. The first kappa shape index (κ1) is 28.1. The molecule has 0 aromatic carbocycles. The Hall–Kier alpha value is 0.883. The van der Waals surface area contributed by atoms with Crippen molar-refractivity contribution in [2.75, 3.05) is 27.2 Å². The standard InChI is InChI=1S/C4H8N2S4.C3H6NS.CH2NS.Zn/c7-3(8)5-1-2-6-4(9)10;1-4(2)3-5;2-1-3;/h1-2H2,(H2,5,7,8)(H2,6,9,10);1-2H3;(H2,2,3);/q;2*-1;+2. The van der Waals surface area contributed by atoms with E-state index in [-0.39, 0.29) is 19.5 Å². The molecule has 0 aliphatic carbocycles. The van der Waals surface area contributed by atoms with Gasteiger partial charge in [-0.25, -0.2) is 0 Å². The van der Waals surface area contributed by atoms with E-state index in [1.54, 1.807) is 4.90 Å². The Bertz CT molecular complexity index is 235. The molecule has 0 aromatic heterocycles. The summed E-state index contributed by atoms with van der Waals surface area (Å²) in [7, 11) is 3.68. The predicted molar refractivity (Wildman–Crippen MR) is 102 cm³/mol. The van der Waals surface area contributed by atoms with Crippen molar-refractivity contribution < 1.29 is 19.5 Å². The molecule has 0 aliphatic rings. The van der Waals surface area contributed by atoms with Gasteiger partial charge >= 0.3 is 19.5 Å². The number of hydrogen-bond acceptors (Lipinski definition) is 4. The molecule has 0 heterocycles. The maximum absolute atomic E-state index is 4.65. The number of hydrogen-bond donors (Lipinski definition) is 5. The van der Waals surface area contributed by atoms with Crippen LogP contribution in [0.2, 0.25) is 0 Å². The van der Waals surface area contributed by atoms with Gasteiger partial charge in [0.15, 0.2) is 0 Å². The third-order valence-electron chi connectivity index (χ3n) is 0.860. The van der Waals surface area contributed by atoms with E-state index in [0.29, 0.717) is 21.7 Å². The molecule has 0 saturated carbocycles. The molecule has 0 radical (unpaired) electrons. The van der Waals surface area contributed by atoms with Gasteiger partial charge in [0, 0.05) is 13.1 Å². The normalized spacial score (nSPS) is 6.95. The van der Waals surface area contributed by atoms with Gasteiger partial charge in [-0.15, -0.1) is 25.3 Å². The van der Waals surface area contributed by atoms with E-state index >= 15 is 0 Å². The van der Waals surface area contributed by atoms with Gasteiger partial charge < -0.3 is 56.7 Å². The van der Waals surface area contributed by atoms with Gasteiger partial charge in [0.1, 0.15) is 8.64 Å². The van der Waals surface area contributed by atoms with Crippen LogP contribution < -0.4 is 16.4 Å². The SMILES string of the molecule is CN(C)[C-]=S.N[C-]=S.S=C(S)NCCNC(=S)S.[Zn+2]. The fraction of sp³-hybridized carbons (Fsp3) is 0.500. The summed E-state index contributed by atoms with van der Waals surface area (Å²) in [5, 5.41) is 5.68. The molecule has 0 rings (SSSR count). The Kier molecular flexibility index (Phi) is 35.4.